The van der Waals surface area contributed by atoms with E-state index >= 15 is 0 Å². The second-order valence-electron chi connectivity index (χ2n) is 5.98. The molecule has 0 aliphatic carbocycles. The average molecular weight is 408 g/mol. The maximum atomic E-state index is 13.0. The van der Waals surface area contributed by atoms with Crippen molar-refractivity contribution in [1.29, 1.82) is 0 Å². The largest absolute Gasteiger partial charge is 0.497 e. The van der Waals surface area contributed by atoms with Crippen molar-refractivity contribution in [1.82, 2.24) is 4.98 Å². The maximum Gasteiger partial charge on any atom is 0.342 e. The Bertz CT molecular complexity index is 995. The number of aromatic nitrogens is 1. The summed E-state index contributed by atoms with van der Waals surface area (Å²) in [4.78, 5) is 30.0. The van der Waals surface area contributed by atoms with Gasteiger partial charge in [-0.3, -0.25) is 4.79 Å². The minimum atomic E-state index is -1.12. The molecular formula is C22H20N2O4S. The van der Waals surface area contributed by atoms with Gasteiger partial charge in [0.05, 0.1) is 12.7 Å². The third kappa shape index (κ3) is 5.14. The van der Waals surface area contributed by atoms with Crippen LogP contribution in [-0.4, -0.2) is 30.2 Å². The predicted octanol–water partition coefficient (Wildman–Crippen LogP) is 4.35. The van der Waals surface area contributed by atoms with E-state index < -0.39 is 18.0 Å². The van der Waals surface area contributed by atoms with Crippen LogP contribution in [0.3, 0.4) is 0 Å². The lowest BCUT2D eigenvalue weighted by molar-refractivity contribution is -0.125. The van der Waals surface area contributed by atoms with Crippen LogP contribution in [0.2, 0.25) is 0 Å². The second kappa shape index (κ2) is 9.75. The van der Waals surface area contributed by atoms with E-state index in [2.05, 4.69) is 10.3 Å². The molecule has 1 heterocycles. The number of rotatable bonds is 7. The first-order valence-corrected chi connectivity index (χ1v) is 10.0. The molecule has 0 fully saturated rings. The standard InChI is InChI=1S/C22H20N2O4S/c1-27-17-11-6-10-16(14-17)24-20(25)19(15-8-4-3-5-9-15)28-22(26)18-12-7-13-23-21(18)29-2/h3-14,19H,1-2H3,(H,24,25). The number of nitrogens with zero attached hydrogens (tertiary/aromatic N) is 1. The highest BCUT2D eigenvalue weighted by atomic mass is 32.2. The third-order valence-electron chi connectivity index (χ3n) is 4.09. The maximum absolute atomic E-state index is 13.0. The molecule has 0 radical (unpaired) electrons. The van der Waals surface area contributed by atoms with Crippen LogP contribution in [0.25, 0.3) is 0 Å². The van der Waals surface area contributed by atoms with Gasteiger partial charge in [0.2, 0.25) is 6.10 Å². The molecule has 2 aromatic carbocycles. The number of esters is 1. The number of benzene rings is 2. The van der Waals surface area contributed by atoms with Crippen LogP contribution in [0.5, 0.6) is 5.75 Å². The minimum absolute atomic E-state index is 0.315. The zero-order chi connectivity index (χ0) is 20.6. The van der Waals surface area contributed by atoms with Crippen molar-refractivity contribution < 1.29 is 19.1 Å². The molecular weight excluding hydrogens is 388 g/mol. The zero-order valence-electron chi connectivity index (χ0n) is 16.0. The lowest BCUT2D eigenvalue weighted by Gasteiger charge is -2.19. The van der Waals surface area contributed by atoms with Crippen molar-refractivity contribution in [3.8, 4) is 5.75 Å². The highest BCUT2D eigenvalue weighted by Crippen LogP contribution is 2.25. The van der Waals surface area contributed by atoms with E-state index in [1.807, 2.05) is 12.3 Å². The fourth-order valence-electron chi connectivity index (χ4n) is 2.69. The van der Waals surface area contributed by atoms with Gasteiger partial charge in [-0.2, -0.15) is 0 Å². The molecule has 7 heteroatoms. The molecule has 0 aliphatic rings. The molecule has 0 aliphatic heterocycles. The van der Waals surface area contributed by atoms with Crippen LogP contribution in [-0.2, 0) is 9.53 Å². The molecule has 0 spiro atoms. The van der Waals surface area contributed by atoms with Gasteiger partial charge in [-0.25, -0.2) is 9.78 Å². The van der Waals surface area contributed by atoms with Crippen molar-refractivity contribution in [3.05, 3.63) is 84.1 Å². The highest BCUT2D eigenvalue weighted by molar-refractivity contribution is 7.98. The Hall–Kier alpha value is -3.32. The van der Waals surface area contributed by atoms with E-state index in [1.165, 1.54) is 11.8 Å². The van der Waals surface area contributed by atoms with E-state index in [1.54, 1.807) is 74.0 Å². The lowest BCUT2D eigenvalue weighted by Crippen LogP contribution is -2.26. The summed E-state index contributed by atoms with van der Waals surface area (Å²) in [5.41, 5.74) is 1.42. The summed E-state index contributed by atoms with van der Waals surface area (Å²) in [5, 5.41) is 3.32. The van der Waals surface area contributed by atoms with Gasteiger partial charge < -0.3 is 14.8 Å². The summed E-state index contributed by atoms with van der Waals surface area (Å²) in [7, 11) is 1.55. The Morgan fingerprint density at radius 1 is 1.03 bits per heavy atom. The lowest BCUT2D eigenvalue weighted by atomic mass is 10.1. The third-order valence-corrected chi connectivity index (χ3v) is 4.80. The number of anilines is 1. The molecule has 0 bridgehead atoms. The van der Waals surface area contributed by atoms with Gasteiger partial charge in [0, 0.05) is 23.5 Å². The molecule has 3 aromatic rings. The van der Waals surface area contributed by atoms with E-state index in [9.17, 15) is 9.59 Å². The van der Waals surface area contributed by atoms with Gasteiger partial charge in [-0.1, -0.05) is 36.4 Å². The number of thioether (sulfide) groups is 1. The summed E-state index contributed by atoms with van der Waals surface area (Å²) in [6, 6.07) is 19.1. The number of carbonyl (C=O) groups is 2. The number of ether oxygens (including phenoxy) is 2. The first kappa shape index (κ1) is 20.4. The number of pyridine rings is 1. The van der Waals surface area contributed by atoms with Gasteiger partial charge in [0.1, 0.15) is 10.8 Å². The molecule has 1 N–H and O–H groups in total. The first-order valence-electron chi connectivity index (χ1n) is 8.82. The van der Waals surface area contributed by atoms with Gasteiger partial charge in [-0.05, 0) is 30.5 Å². The number of carbonyl (C=O) groups excluding carboxylic acids is 2. The molecule has 0 saturated carbocycles. The smallest absolute Gasteiger partial charge is 0.342 e. The predicted molar refractivity (Wildman–Crippen MR) is 112 cm³/mol. The van der Waals surface area contributed by atoms with Crippen LogP contribution in [0.1, 0.15) is 22.0 Å². The van der Waals surface area contributed by atoms with Crippen molar-refractivity contribution in [3.63, 3.8) is 0 Å². The van der Waals surface area contributed by atoms with Crippen molar-refractivity contribution >= 4 is 29.3 Å². The Labute approximate surface area is 173 Å². The summed E-state index contributed by atoms with van der Waals surface area (Å²) in [6.07, 6.45) is 2.31. The van der Waals surface area contributed by atoms with Gasteiger partial charge in [0.15, 0.2) is 0 Å². The van der Waals surface area contributed by atoms with Gasteiger partial charge in [-0.15, -0.1) is 11.8 Å². The molecule has 148 valence electrons. The molecule has 3 rings (SSSR count). The Morgan fingerprint density at radius 2 is 1.83 bits per heavy atom. The van der Waals surface area contributed by atoms with Crippen LogP contribution < -0.4 is 10.1 Å². The summed E-state index contributed by atoms with van der Waals surface area (Å²) in [5.74, 6) is -0.472. The molecule has 1 aromatic heterocycles. The molecule has 0 saturated heterocycles. The number of hydrogen-bond donors (Lipinski definition) is 1. The molecule has 1 unspecified atom stereocenters. The number of hydrogen-bond acceptors (Lipinski definition) is 6. The molecule has 29 heavy (non-hydrogen) atoms. The van der Waals surface area contributed by atoms with E-state index in [4.69, 9.17) is 9.47 Å². The number of amides is 1. The number of nitrogens with one attached hydrogen (secondary N) is 1. The minimum Gasteiger partial charge on any atom is -0.497 e. The topological polar surface area (TPSA) is 77.5 Å². The fourth-order valence-corrected chi connectivity index (χ4v) is 3.23. The summed E-state index contributed by atoms with van der Waals surface area (Å²) >= 11 is 1.34. The molecule has 1 atom stereocenters. The normalized spacial score (nSPS) is 11.4. The van der Waals surface area contributed by atoms with Crippen LogP contribution in [0, 0.1) is 0 Å². The number of methoxy groups -OCH3 is 1. The van der Waals surface area contributed by atoms with Crippen molar-refractivity contribution in [2.45, 2.75) is 11.1 Å². The van der Waals surface area contributed by atoms with E-state index in [0.29, 0.717) is 27.6 Å². The Balaban J connectivity index is 1.86. The monoisotopic (exact) mass is 408 g/mol. The van der Waals surface area contributed by atoms with Crippen molar-refractivity contribution in [2.75, 3.05) is 18.7 Å². The fraction of sp³-hybridized carbons (Fsp3) is 0.136. The van der Waals surface area contributed by atoms with Gasteiger partial charge >= 0.3 is 5.97 Å². The van der Waals surface area contributed by atoms with E-state index in [0.717, 1.165) is 0 Å². The second-order valence-corrected chi connectivity index (χ2v) is 6.77. The van der Waals surface area contributed by atoms with Crippen LogP contribution >= 0.6 is 11.8 Å². The van der Waals surface area contributed by atoms with Crippen molar-refractivity contribution in [2.24, 2.45) is 0 Å². The first-order chi connectivity index (χ1) is 14.1. The SMILES string of the molecule is COc1cccc(NC(=O)C(OC(=O)c2cccnc2SC)c2ccccc2)c1. The highest BCUT2D eigenvalue weighted by Gasteiger charge is 2.27. The zero-order valence-corrected chi connectivity index (χ0v) is 16.8. The quantitative estimate of drug-likeness (QED) is 0.463. The molecule has 6 nitrogen and oxygen atoms in total. The Kier molecular flexibility index (Phi) is 6.86. The van der Waals surface area contributed by atoms with E-state index in [-0.39, 0.29) is 0 Å². The Morgan fingerprint density at radius 3 is 2.55 bits per heavy atom. The summed E-state index contributed by atoms with van der Waals surface area (Å²) in [6.45, 7) is 0. The van der Waals surface area contributed by atoms with Crippen LogP contribution in [0.4, 0.5) is 5.69 Å². The van der Waals surface area contributed by atoms with Gasteiger partial charge in [0.25, 0.3) is 5.91 Å². The molecule has 1 amide bonds. The van der Waals surface area contributed by atoms with Crippen LogP contribution in [0.15, 0.2) is 78.0 Å². The average Bonchev–Trinajstić information content (AvgIpc) is 2.77. The summed E-state index contributed by atoms with van der Waals surface area (Å²) < 4.78 is 10.8.